The predicted molar refractivity (Wildman–Crippen MR) is 76.2 cm³/mol. The third-order valence-corrected chi connectivity index (χ3v) is 2.71. The number of amides is 1. The van der Waals surface area contributed by atoms with Gasteiger partial charge in [0, 0.05) is 5.56 Å². The Morgan fingerprint density at radius 1 is 1.22 bits per heavy atom. The standard InChI is InChI=1S/C14H18BNO2/c1-9(2)10(3)11-4-6-12(7-5-11)14(18)16-8-13(15)17/h4-7,9H,3,8,15H2,1-2H3,(H,16,18). The summed E-state index contributed by atoms with van der Waals surface area (Å²) in [6.07, 6.45) is 0. The number of rotatable bonds is 5. The topological polar surface area (TPSA) is 46.2 Å². The van der Waals surface area contributed by atoms with Crippen LogP contribution in [-0.2, 0) is 4.79 Å². The zero-order chi connectivity index (χ0) is 13.7. The van der Waals surface area contributed by atoms with Crippen LogP contribution in [0.3, 0.4) is 0 Å². The molecular weight excluding hydrogens is 225 g/mol. The van der Waals surface area contributed by atoms with E-state index in [4.69, 9.17) is 0 Å². The SMILES string of the molecule is BC(=O)CNC(=O)c1ccc(C(=C)C(C)C)cc1. The van der Waals surface area contributed by atoms with Gasteiger partial charge < -0.3 is 10.1 Å². The largest absolute Gasteiger partial charge is 0.346 e. The molecule has 0 unspecified atom stereocenters. The molecule has 0 bridgehead atoms. The second-order valence-corrected chi connectivity index (χ2v) is 4.64. The van der Waals surface area contributed by atoms with E-state index < -0.39 is 0 Å². The summed E-state index contributed by atoms with van der Waals surface area (Å²) >= 11 is 0. The Kier molecular flexibility index (Phi) is 4.90. The van der Waals surface area contributed by atoms with Gasteiger partial charge in [0.25, 0.3) is 5.91 Å². The Labute approximate surface area is 109 Å². The molecule has 18 heavy (non-hydrogen) atoms. The molecule has 0 fully saturated rings. The first-order valence-corrected chi connectivity index (χ1v) is 5.98. The summed E-state index contributed by atoms with van der Waals surface area (Å²) in [6, 6.07) is 7.26. The number of nitrogens with one attached hydrogen (secondary N) is 1. The Hall–Kier alpha value is -1.84. The van der Waals surface area contributed by atoms with Gasteiger partial charge >= 0.3 is 0 Å². The smallest absolute Gasteiger partial charge is 0.251 e. The lowest BCUT2D eigenvalue weighted by Crippen LogP contribution is -2.29. The molecule has 3 nitrogen and oxygen atoms in total. The average molecular weight is 243 g/mol. The molecule has 0 heterocycles. The summed E-state index contributed by atoms with van der Waals surface area (Å²) in [5, 5.41) is 2.56. The van der Waals surface area contributed by atoms with Crippen LogP contribution < -0.4 is 5.32 Å². The van der Waals surface area contributed by atoms with E-state index in [1.807, 2.05) is 12.1 Å². The van der Waals surface area contributed by atoms with Crippen molar-refractivity contribution in [1.29, 1.82) is 0 Å². The first-order chi connectivity index (χ1) is 8.41. The number of hydrogen-bond acceptors (Lipinski definition) is 2. The molecule has 0 saturated carbocycles. The highest BCUT2D eigenvalue weighted by atomic mass is 16.2. The maximum absolute atomic E-state index is 11.7. The van der Waals surface area contributed by atoms with Crippen molar-refractivity contribution >= 4 is 25.0 Å². The van der Waals surface area contributed by atoms with Crippen molar-refractivity contribution < 1.29 is 9.59 Å². The van der Waals surface area contributed by atoms with Crippen molar-refractivity contribution in [2.45, 2.75) is 13.8 Å². The summed E-state index contributed by atoms with van der Waals surface area (Å²) in [6.45, 7) is 8.24. The molecule has 1 rings (SSSR count). The average Bonchev–Trinajstić information content (AvgIpc) is 2.35. The lowest BCUT2D eigenvalue weighted by atomic mass is 9.96. The summed E-state index contributed by atoms with van der Waals surface area (Å²) in [5.74, 6) is 0.147. The van der Waals surface area contributed by atoms with Crippen molar-refractivity contribution in [3.05, 3.63) is 42.0 Å². The lowest BCUT2D eigenvalue weighted by Gasteiger charge is -2.10. The molecule has 4 heteroatoms. The van der Waals surface area contributed by atoms with Crippen LogP contribution in [0.5, 0.6) is 0 Å². The molecule has 0 aliphatic heterocycles. The van der Waals surface area contributed by atoms with Crippen LogP contribution in [0.15, 0.2) is 30.8 Å². The minimum Gasteiger partial charge on any atom is -0.346 e. The molecular formula is C14H18BNO2. The molecule has 1 amide bonds. The van der Waals surface area contributed by atoms with Crippen molar-refractivity contribution in [2.75, 3.05) is 6.54 Å². The van der Waals surface area contributed by atoms with E-state index in [2.05, 4.69) is 25.7 Å². The number of benzene rings is 1. The molecule has 1 N–H and O–H groups in total. The van der Waals surface area contributed by atoms with E-state index in [1.165, 1.54) is 7.85 Å². The van der Waals surface area contributed by atoms with Crippen molar-refractivity contribution in [1.82, 2.24) is 5.32 Å². The van der Waals surface area contributed by atoms with E-state index >= 15 is 0 Å². The summed E-state index contributed by atoms with van der Waals surface area (Å²) in [5.41, 5.74) is 2.57. The molecule has 0 atom stereocenters. The molecule has 94 valence electrons. The molecule has 0 spiro atoms. The normalized spacial score (nSPS) is 10.2. The fraction of sp³-hybridized carbons (Fsp3) is 0.286. The molecule has 0 aliphatic rings. The highest BCUT2D eigenvalue weighted by Crippen LogP contribution is 2.20. The van der Waals surface area contributed by atoms with Gasteiger partial charge in [0.15, 0.2) is 7.85 Å². The van der Waals surface area contributed by atoms with Crippen LogP contribution in [0, 0.1) is 5.92 Å². The second-order valence-electron chi connectivity index (χ2n) is 4.64. The van der Waals surface area contributed by atoms with E-state index in [0.717, 1.165) is 11.1 Å². The Morgan fingerprint density at radius 3 is 2.17 bits per heavy atom. The first-order valence-electron chi connectivity index (χ1n) is 5.98. The third-order valence-electron chi connectivity index (χ3n) is 2.71. The van der Waals surface area contributed by atoms with Gasteiger partial charge in [-0.25, -0.2) is 0 Å². The maximum atomic E-state index is 11.7. The van der Waals surface area contributed by atoms with Crippen LogP contribution >= 0.6 is 0 Å². The summed E-state index contributed by atoms with van der Waals surface area (Å²) in [4.78, 5) is 22.4. The van der Waals surface area contributed by atoms with Gasteiger partial charge in [0.05, 0.1) is 6.54 Å². The predicted octanol–water partition coefficient (Wildman–Crippen LogP) is 1.25. The van der Waals surface area contributed by atoms with Crippen LogP contribution in [-0.4, -0.2) is 26.0 Å². The van der Waals surface area contributed by atoms with E-state index in [1.54, 1.807) is 12.1 Å². The van der Waals surface area contributed by atoms with E-state index in [0.29, 0.717) is 11.5 Å². The number of allylic oxidation sites excluding steroid dienone is 1. The highest BCUT2D eigenvalue weighted by molar-refractivity contribution is 6.58. The minimum atomic E-state index is -0.230. The van der Waals surface area contributed by atoms with Gasteiger partial charge in [0.1, 0.15) is 5.68 Å². The van der Waals surface area contributed by atoms with E-state index in [-0.39, 0.29) is 18.1 Å². The minimum absolute atomic E-state index is 0.0619. The van der Waals surface area contributed by atoms with Gasteiger partial charge in [-0.3, -0.25) is 4.79 Å². The van der Waals surface area contributed by atoms with Gasteiger partial charge in [-0.15, -0.1) is 0 Å². The fourth-order valence-electron chi connectivity index (χ4n) is 1.48. The second kappa shape index (κ2) is 6.19. The van der Waals surface area contributed by atoms with Crippen LogP contribution in [0.2, 0.25) is 0 Å². The summed E-state index contributed by atoms with van der Waals surface area (Å²) in [7, 11) is 1.44. The first kappa shape index (κ1) is 14.2. The van der Waals surface area contributed by atoms with Gasteiger partial charge in [0.2, 0.25) is 0 Å². The van der Waals surface area contributed by atoms with Gasteiger partial charge in [-0.05, 0) is 29.2 Å². The maximum Gasteiger partial charge on any atom is 0.251 e. The van der Waals surface area contributed by atoms with E-state index in [9.17, 15) is 9.59 Å². The molecule has 0 radical (unpaired) electrons. The Balaban J connectivity index is 2.73. The molecule has 1 aromatic rings. The van der Waals surface area contributed by atoms with Gasteiger partial charge in [-0.1, -0.05) is 32.6 Å². The van der Waals surface area contributed by atoms with Crippen LogP contribution in [0.4, 0.5) is 0 Å². The molecule has 0 saturated heterocycles. The third kappa shape index (κ3) is 3.88. The quantitative estimate of drug-likeness (QED) is 0.791. The zero-order valence-corrected chi connectivity index (χ0v) is 11.1. The monoisotopic (exact) mass is 243 g/mol. The Bertz CT molecular complexity index is 463. The number of hydrogen-bond donors (Lipinski definition) is 1. The number of carbonyl (C=O) groups is 2. The highest BCUT2D eigenvalue weighted by Gasteiger charge is 2.07. The van der Waals surface area contributed by atoms with Crippen molar-refractivity contribution in [3.63, 3.8) is 0 Å². The lowest BCUT2D eigenvalue weighted by molar-refractivity contribution is -0.110. The zero-order valence-electron chi connectivity index (χ0n) is 11.1. The number of carbonyl (C=O) groups excluding carboxylic acids is 2. The summed E-state index contributed by atoms with van der Waals surface area (Å²) < 4.78 is 0. The molecule has 0 aromatic heterocycles. The molecule has 0 aliphatic carbocycles. The molecule has 1 aromatic carbocycles. The fourth-order valence-corrected chi connectivity index (χ4v) is 1.48. The van der Waals surface area contributed by atoms with Crippen molar-refractivity contribution in [3.8, 4) is 0 Å². The van der Waals surface area contributed by atoms with Crippen molar-refractivity contribution in [2.24, 2.45) is 5.92 Å². The Morgan fingerprint density at radius 2 is 1.72 bits per heavy atom. The van der Waals surface area contributed by atoms with Crippen LogP contribution in [0.1, 0.15) is 29.8 Å². The van der Waals surface area contributed by atoms with Gasteiger partial charge in [-0.2, -0.15) is 0 Å². The van der Waals surface area contributed by atoms with Crippen LogP contribution in [0.25, 0.3) is 5.57 Å².